The van der Waals surface area contributed by atoms with Crippen LogP contribution in [0, 0.1) is 56.7 Å². The van der Waals surface area contributed by atoms with E-state index in [2.05, 4.69) is 91.0 Å². The molecule has 0 aliphatic carbocycles. The van der Waals surface area contributed by atoms with Gasteiger partial charge in [0.2, 0.25) is 0 Å². The summed E-state index contributed by atoms with van der Waals surface area (Å²) in [5.41, 5.74) is 21.4. The van der Waals surface area contributed by atoms with Gasteiger partial charge >= 0.3 is 0 Å². The molecule has 530 valence electrons. The molecule has 16 aromatic carbocycles. The lowest BCUT2D eigenvalue weighted by Crippen LogP contribution is -2.14. The van der Waals surface area contributed by atoms with Crippen LogP contribution in [0.4, 0.5) is 0 Å². The Balaban J connectivity index is 0.000000112. The van der Waals surface area contributed by atoms with Crippen LogP contribution in [-0.4, -0.2) is 28.2 Å². The molecule has 6 heterocycles. The van der Waals surface area contributed by atoms with E-state index in [0.29, 0.717) is 93.5 Å². The van der Waals surface area contributed by atoms with Gasteiger partial charge in [-0.2, -0.15) is 26.3 Å². The molecule has 0 fully saturated rings. The lowest BCUT2D eigenvalue weighted by Gasteiger charge is -2.14. The van der Waals surface area contributed by atoms with Gasteiger partial charge in [0.15, 0.2) is 0 Å². The normalized spacial score (nSPS) is 11.4. The SMILES string of the molecule is N#Cc1ccc2c(=O)n3c(nc4cc(-c5ccccc5)cc(-c5ccccc5)c43)c3ccc(-c4ccccc4)c1c23.N#Cc1ccc2c(=O)n3c(nc4cc(-c5ccccc5)cc(-c5ccccc5)c43)c3ccc(C#N)c1c23.N#Cc1ccc2c(=O)n3c4cc(-c5ccccc5)cc(-c5ccccc5)c4nc3c3ccc(C#N)c1c23. The molecule has 0 spiro atoms. The average molecular weight is 1470 g/mol. The maximum Gasteiger partial charge on any atom is 0.264 e. The van der Waals surface area contributed by atoms with Gasteiger partial charge in [-0.15, -0.1) is 0 Å². The van der Waals surface area contributed by atoms with Crippen molar-refractivity contribution >= 4 is 115 Å². The molecule has 115 heavy (non-hydrogen) atoms. The number of benzene rings is 16. The first kappa shape index (κ1) is 67.5. The van der Waals surface area contributed by atoms with E-state index in [1.165, 1.54) is 0 Å². The van der Waals surface area contributed by atoms with Gasteiger partial charge in [0.1, 0.15) is 16.9 Å². The molecule has 0 aliphatic heterocycles. The average Bonchev–Trinajstić information content (AvgIpc) is 1.61. The molecule has 14 heteroatoms. The Kier molecular flexibility index (Phi) is 15.9. The van der Waals surface area contributed by atoms with E-state index in [4.69, 9.17) is 15.0 Å². The molecule has 0 aliphatic rings. The van der Waals surface area contributed by atoms with Crippen LogP contribution in [0.25, 0.3) is 193 Å². The number of rotatable bonds is 7. The summed E-state index contributed by atoms with van der Waals surface area (Å²) in [4.78, 5) is 57.6. The molecular weight excluding hydrogens is 1420 g/mol. The largest absolute Gasteiger partial charge is 0.268 e. The first-order chi connectivity index (χ1) is 56.6. The minimum Gasteiger partial charge on any atom is -0.268 e. The molecule has 0 N–H and O–H groups in total. The van der Waals surface area contributed by atoms with Crippen molar-refractivity contribution in [3.8, 4) is 108 Å². The number of fused-ring (bicyclic) bond motifs is 12. The van der Waals surface area contributed by atoms with Gasteiger partial charge in [-0.25, -0.2) is 15.0 Å². The van der Waals surface area contributed by atoms with Crippen LogP contribution >= 0.6 is 0 Å². The topological polar surface area (TPSA) is 222 Å². The molecule has 0 atom stereocenters. The highest BCUT2D eigenvalue weighted by atomic mass is 16.1. The maximum absolute atomic E-state index is 14.4. The van der Waals surface area contributed by atoms with Crippen molar-refractivity contribution < 1.29 is 0 Å². The second-order valence-corrected chi connectivity index (χ2v) is 28.2. The van der Waals surface area contributed by atoms with Crippen LogP contribution in [0.1, 0.15) is 27.8 Å². The predicted octanol–water partition coefficient (Wildman–Crippen LogP) is 21.8. The second kappa shape index (κ2) is 27.1. The highest BCUT2D eigenvalue weighted by Gasteiger charge is 2.27. The monoisotopic (exact) mass is 1470 g/mol. The van der Waals surface area contributed by atoms with E-state index in [9.17, 15) is 40.7 Å². The summed E-state index contributed by atoms with van der Waals surface area (Å²) in [5, 5.41) is 56.6. The summed E-state index contributed by atoms with van der Waals surface area (Å²) in [5.74, 6) is 0. The Morgan fingerprint density at radius 1 is 0.226 bits per heavy atom. The van der Waals surface area contributed by atoms with Gasteiger partial charge in [-0.3, -0.25) is 27.6 Å². The van der Waals surface area contributed by atoms with Crippen LogP contribution < -0.4 is 16.7 Å². The summed E-state index contributed by atoms with van der Waals surface area (Å²) >= 11 is 0. The van der Waals surface area contributed by atoms with Crippen LogP contribution in [-0.2, 0) is 0 Å². The smallest absolute Gasteiger partial charge is 0.264 e. The lowest BCUT2D eigenvalue weighted by atomic mass is 9.91. The standard InChI is InChI=1S/C37H21N3O.2C32H16N4O/c38-22-26-16-17-30-34-29(19-18-28(33(26)34)24-12-6-2-7-13-24)36-39-32-21-27(23-10-4-1-5-11-23)20-31(25-14-8-3-9-15-25)35(32)40(36)37(30)41;33-17-21-11-13-24-29-25(14-12-22(18-34)28(21)29)32(37)36-27-16-23(19-7-3-1-4-8-19)15-26(30(27)35-31(24)36)20-9-5-2-6-10-20;33-17-21-11-13-24-29-25(14-12-22(18-34)28(21)29)32(37)36-30-26(20-9-5-2-6-10-20)15-23(16-27(30)35-31(24)36)19-7-3-1-4-8-19/h1-21H;2*1-16H. The number of pyridine rings is 3. The number of imidazole rings is 3. The molecule has 6 aromatic heterocycles. The Hall–Kier alpha value is -16.8. The molecule has 22 rings (SSSR count). The molecule has 0 radical (unpaired) electrons. The zero-order chi connectivity index (χ0) is 77.7. The van der Waals surface area contributed by atoms with Gasteiger partial charge in [-0.1, -0.05) is 218 Å². The zero-order valence-corrected chi connectivity index (χ0v) is 60.7. The highest BCUT2D eigenvalue weighted by Crippen LogP contribution is 2.44. The minimum atomic E-state index is -0.223. The van der Waals surface area contributed by atoms with Crippen LogP contribution in [0.5, 0.6) is 0 Å². The van der Waals surface area contributed by atoms with Crippen molar-refractivity contribution in [2.24, 2.45) is 0 Å². The third kappa shape index (κ3) is 10.7. The van der Waals surface area contributed by atoms with Gasteiger partial charge in [0.25, 0.3) is 16.7 Å². The number of nitriles is 5. The number of nitrogens with zero attached hydrogens (tertiary/aromatic N) is 11. The maximum atomic E-state index is 14.4. The zero-order valence-electron chi connectivity index (χ0n) is 60.7. The molecule has 0 saturated heterocycles. The van der Waals surface area contributed by atoms with E-state index in [1.807, 2.05) is 212 Å². The second-order valence-electron chi connectivity index (χ2n) is 28.2. The molecule has 22 aromatic rings. The first-order valence-electron chi connectivity index (χ1n) is 37.1. The van der Waals surface area contributed by atoms with Crippen molar-refractivity contribution in [3.63, 3.8) is 0 Å². The Morgan fingerprint density at radius 3 is 0.870 bits per heavy atom. The van der Waals surface area contributed by atoms with Crippen molar-refractivity contribution in [2.75, 3.05) is 0 Å². The fourth-order valence-electron chi connectivity index (χ4n) is 16.9. The van der Waals surface area contributed by atoms with E-state index in [1.54, 1.807) is 61.7 Å². The van der Waals surface area contributed by atoms with Gasteiger partial charge in [-0.05, 0) is 164 Å². The Morgan fingerprint density at radius 2 is 0.504 bits per heavy atom. The van der Waals surface area contributed by atoms with Crippen molar-refractivity contribution in [1.29, 1.82) is 26.3 Å². The Labute approximate surface area is 653 Å². The molecule has 0 unspecified atom stereocenters. The van der Waals surface area contributed by atoms with Gasteiger partial charge < -0.3 is 0 Å². The Bertz CT molecular complexity index is 8130. The van der Waals surface area contributed by atoms with E-state index in [0.717, 1.165) is 127 Å². The summed E-state index contributed by atoms with van der Waals surface area (Å²) in [6, 6.07) is 115. The fourth-order valence-corrected chi connectivity index (χ4v) is 16.9. The van der Waals surface area contributed by atoms with Crippen molar-refractivity contribution in [1.82, 2.24) is 28.2 Å². The van der Waals surface area contributed by atoms with Gasteiger partial charge in [0.05, 0.1) is 91.3 Å². The first-order valence-corrected chi connectivity index (χ1v) is 37.1. The predicted molar refractivity (Wildman–Crippen MR) is 457 cm³/mol. The van der Waals surface area contributed by atoms with E-state index >= 15 is 0 Å². The highest BCUT2D eigenvalue weighted by molar-refractivity contribution is 6.23. The molecule has 14 nitrogen and oxygen atoms in total. The summed E-state index contributed by atoms with van der Waals surface area (Å²) in [6.45, 7) is 0. The minimum absolute atomic E-state index is 0.139. The summed E-state index contributed by atoms with van der Waals surface area (Å²) in [7, 11) is 0. The van der Waals surface area contributed by atoms with Crippen LogP contribution in [0.3, 0.4) is 0 Å². The molecule has 0 amide bonds. The van der Waals surface area contributed by atoms with Crippen LogP contribution in [0.2, 0.25) is 0 Å². The molecule has 0 saturated carbocycles. The van der Waals surface area contributed by atoms with Crippen molar-refractivity contribution in [3.05, 3.63) is 380 Å². The summed E-state index contributed by atoms with van der Waals surface area (Å²) in [6.07, 6.45) is 0. The third-order valence-electron chi connectivity index (χ3n) is 22.0. The quantitative estimate of drug-likeness (QED) is 0.146. The number of aromatic nitrogens is 6. The summed E-state index contributed by atoms with van der Waals surface area (Å²) < 4.78 is 5.11. The lowest BCUT2D eigenvalue weighted by molar-refractivity contribution is 1.19. The van der Waals surface area contributed by atoms with Gasteiger partial charge in [0, 0.05) is 81.3 Å². The number of hydrogen-bond acceptors (Lipinski definition) is 11. The fraction of sp³-hybridized carbons (Fsp3) is 0. The van der Waals surface area contributed by atoms with Crippen molar-refractivity contribution in [2.45, 2.75) is 0 Å². The van der Waals surface area contributed by atoms with E-state index in [-0.39, 0.29) is 16.7 Å². The molecular formula is C101H53N11O3. The van der Waals surface area contributed by atoms with Crippen LogP contribution in [0.15, 0.2) is 336 Å². The molecule has 0 bridgehead atoms. The number of hydrogen-bond donors (Lipinski definition) is 0. The third-order valence-corrected chi connectivity index (χ3v) is 22.0. The van der Waals surface area contributed by atoms with E-state index < -0.39 is 0 Å².